The van der Waals surface area contributed by atoms with Crippen molar-refractivity contribution in [3.63, 3.8) is 0 Å². The maximum absolute atomic E-state index is 5.62. The van der Waals surface area contributed by atoms with Crippen molar-refractivity contribution in [1.29, 1.82) is 0 Å². The van der Waals surface area contributed by atoms with Gasteiger partial charge in [-0.2, -0.15) is 0 Å². The average Bonchev–Trinajstić information content (AvgIpc) is 3.26. The fraction of sp³-hybridized carbons (Fsp3) is 0.750. The number of guanidine groups is 1. The normalized spacial score (nSPS) is 15.1. The van der Waals surface area contributed by atoms with Crippen LogP contribution in [-0.4, -0.2) is 44.3 Å². The highest BCUT2D eigenvalue weighted by molar-refractivity contribution is 7.11. The Morgan fingerprint density at radius 3 is 2.73 bits per heavy atom. The Labute approximate surface area is 137 Å². The molecule has 1 aromatic heterocycles. The summed E-state index contributed by atoms with van der Waals surface area (Å²) in [6.07, 6.45) is 4.71. The summed E-state index contributed by atoms with van der Waals surface area (Å²) in [6, 6.07) is 0. The van der Waals surface area contributed by atoms with E-state index in [1.807, 2.05) is 0 Å². The van der Waals surface area contributed by atoms with Crippen molar-refractivity contribution in [1.82, 2.24) is 15.6 Å². The van der Waals surface area contributed by atoms with Crippen molar-refractivity contribution in [2.45, 2.75) is 39.5 Å². The molecule has 0 atom stereocenters. The molecule has 22 heavy (non-hydrogen) atoms. The first-order valence-electron chi connectivity index (χ1n) is 8.14. The predicted molar refractivity (Wildman–Crippen MR) is 92.8 cm³/mol. The van der Waals surface area contributed by atoms with Gasteiger partial charge in [0.25, 0.3) is 0 Å². The SMILES string of the molecule is CN=C(NCCCOCC1CC1)NCCc1sc(C)nc1C. The standard InChI is InChI=1S/C16H28N4OS/c1-12-15(22-13(2)20-12)7-9-19-16(17-3)18-8-4-10-21-11-14-5-6-14/h14H,4-11H2,1-3H3,(H2,17,18,19). The van der Waals surface area contributed by atoms with Crippen LogP contribution < -0.4 is 10.6 Å². The Balaban J connectivity index is 1.53. The van der Waals surface area contributed by atoms with E-state index in [9.17, 15) is 0 Å². The Bertz CT molecular complexity index is 482. The van der Waals surface area contributed by atoms with Crippen LogP contribution in [0.3, 0.4) is 0 Å². The van der Waals surface area contributed by atoms with Gasteiger partial charge in [0, 0.05) is 44.6 Å². The van der Waals surface area contributed by atoms with Gasteiger partial charge in [-0.1, -0.05) is 0 Å². The van der Waals surface area contributed by atoms with Gasteiger partial charge in [0.15, 0.2) is 5.96 Å². The van der Waals surface area contributed by atoms with Crippen LogP contribution in [0.5, 0.6) is 0 Å². The van der Waals surface area contributed by atoms with E-state index in [-0.39, 0.29) is 0 Å². The van der Waals surface area contributed by atoms with Crippen molar-refractivity contribution in [2.24, 2.45) is 10.9 Å². The molecule has 1 aromatic rings. The molecule has 0 unspecified atom stereocenters. The molecule has 0 amide bonds. The Kier molecular flexibility index (Phi) is 7.12. The zero-order chi connectivity index (χ0) is 15.8. The van der Waals surface area contributed by atoms with Gasteiger partial charge in [0.1, 0.15) is 0 Å². The smallest absolute Gasteiger partial charge is 0.190 e. The predicted octanol–water partition coefficient (Wildman–Crippen LogP) is 2.28. The van der Waals surface area contributed by atoms with E-state index in [1.54, 1.807) is 18.4 Å². The molecule has 5 nitrogen and oxygen atoms in total. The van der Waals surface area contributed by atoms with Crippen LogP contribution in [0, 0.1) is 19.8 Å². The van der Waals surface area contributed by atoms with E-state index in [0.29, 0.717) is 0 Å². The highest BCUT2D eigenvalue weighted by atomic mass is 32.1. The number of rotatable bonds is 9. The molecular weight excluding hydrogens is 296 g/mol. The number of ether oxygens (including phenoxy) is 1. The van der Waals surface area contributed by atoms with E-state index in [1.165, 1.54) is 17.7 Å². The second-order valence-corrected chi connectivity index (χ2v) is 7.08. The Morgan fingerprint density at radius 2 is 2.09 bits per heavy atom. The van der Waals surface area contributed by atoms with E-state index < -0.39 is 0 Å². The van der Waals surface area contributed by atoms with Gasteiger partial charge in [0.2, 0.25) is 0 Å². The Hall–Kier alpha value is -1.14. The molecule has 1 aliphatic rings. The van der Waals surface area contributed by atoms with Crippen LogP contribution in [0.4, 0.5) is 0 Å². The van der Waals surface area contributed by atoms with Crippen LogP contribution in [-0.2, 0) is 11.2 Å². The molecule has 2 rings (SSSR count). The summed E-state index contributed by atoms with van der Waals surface area (Å²) in [7, 11) is 1.81. The number of nitrogens with one attached hydrogen (secondary N) is 2. The lowest BCUT2D eigenvalue weighted by atomic mass is 10.3. The van der Waals surface area contributed by atoms with Crippen LogP contribution in [0.2, 0.25) is 0 Å². The van der Waals surface area contributed by atoms with E-state index in [0.717, 1.165) is 61.7 Å². The number of aliphatic imine (C=N–C) groups is 1. The molecule has 0 spiro atoms. The van der Waals surface area contributed by atoms with Gasteiger partial charge in [-0.3, -0.25) is 4.99 Å². The number of aromatic nitrogens is 1. The van der Waals surface area contributed by atoms with Crippen LogP contribution in [0.1, 0.15) is 34.8 Å². The number of nitrogens with zero attached hydrogens (tertiary/aromatic N) is 2. The molecule has 124 valence electrons. The van der Waals surface area contributed by atoms with Crippen LogP contribution in [0.25, 0.3) is 0 Å². The molecule has 0 aliphatic heterocycles. The summed E-state index contributed by atoms with van der Waals surface area (Å²) in [5.74, 6) is 1.71. The summed E-state index contributed by atoms with van der Waals surface area (Å²) in [6.45, 7) is 7.68. The maximum atomic E-state index is 5.62. The van der Waals surface area contributed by atoms with Gasteiger partial charge >= 0.3 is 0 Å². The van der Waals surface area contributed by atoms with Crippen LogP contribution in [0.15, 0.2) is 4.99 Å². The summed E-state index contributed by atoms with van der Waals surface area (Å²) in [5.41, 5.74) is 1.15. The molecule has 2 N–H and O–H groups in total. The van der Waals surface area contributed by atoms with Crippen molar-refractivity contribution in [2.75, 3.05) is 33.4 Å². The minimum absolute atomic E-state index is 0.833. The quantitative estimate of drug-likeness (QED) is 0.416. The van der Waals surface area contributed by atoms with Crippen molar-refractivity contribution in [3.05, 3.63) is 15.6 Å². The van der Waals surface area contributed by atoms with Gasteiger partial charge in [0.05, 0.1) is 10.7 Å². The molecular formula is C16H28N4OS. The monoisotopic (exact) mass is 324 g/mol. The van der Waals surface area contributed by atoms with Crippen LogP contribution >= 0.6 is 11.3 Å². The largest absolute Gasteiger partial charge is 0.381 e. The topological polar surface area (TPSA) is 58.5 Å². The Morgan fingerprint density at radius 1 is 1.32 bits per heavy atom. The zero-order valence-corrected chi connectivity index (χ0v) is 14.8. The highest BCUT2D eigenvalue weighted by Gasteiger charge is 2.20. The van der Waals surface area contributed by atoms with Gasteiger partial charge in [-0.25, -0.2) is 4.98 Å². The molecule has 1 aliphatic carbocycles. The zero-order valence-electron chi connectivity index (χ0n) is 13.9. The van der Waals surface area contributed by atoms with Crippen molar-refractivity contribution < 1.29 is 4.74 Å². The minimum Gasteiger partial charge on any atom is -0.381 e. The van der Waals surface area contributed by atoms with Gasteiger partial charge in [-0.15, -0.1) is 11.3 Å². The van der Waals surface area contributed by atoms with E-state index in [4.69, 9.17) is 4.74 Å². The minimum atomic E-state index is 0.833. The number of aryl methyl sites for hydroxylation is 2. The van der Waals surface area contributed by atoms with Crippen molar-refractivity contribution >= 4 is 17.3 Å². The molecule has 0 radical (unpaired) electrons. The maximum Gasteiger partial charge on any atom is 0.190 e. The second kappa shape index (κ2) is 9.10. The molecule has 0 saturated heterocycles. The first-order chi connectivity index (χ1) is 10.7. The third-order valence-corrected chi connectivity index (χ3v) is 4.81. The van der Waals surface area contributed by atoms with Crippen molar-refractivity contribution in [3.8, 4) is 0 Å². The molecule has 6 heteroatoms. The lowest BCUT2D eigenvalue weighted by Crippen LogP contribution is -2.39. The first-order valence-corrected chi connectivity index (χ1v) is 8.96. The lowest BCUT2D eigenvalue weighted by molar-refractivity contribution is 0.123. The van der Waals surface area contributed by atoms with E-state index in [2.05, 4.69) is 34.5 Å². The number of thiazole rings is 1. The van der Waals surface area contributed by atoms with E-state index >= 15 is 0 Å². The highest BCUT2D eigenvalue weighted by Crippen LogP contribution is 2.28. The summed E-state index contributed by atoms with van der Waals surface area (Å²) < 4.78 is 5.62. The lowest BCUT2D eigenvalue weighted by Gasteiger charge is -2.11. The number of hydrogen-bond donors (Lipinski definition) is 2. The summed E-state index contributed by atoms with van der Waals surface area (Å²) in [5, 5.41) is 7.82. The summed E-state index contributed by atoms with van der Waals surface area (Å²) in [4.78, 5) is 10.1. The molecule has 0 bridgehead atoms. The summed E-state index contributed by atoms with van der Waals surface area (Å²) >= 11 is 1.78. The molecule has 1 fully saturated rings. The van der Waals surface area contributed by atoms with Gasteiger partial charge in [-0.05, 0) is 39.0 Å². The number of hydrogen-bond acceptors (Lipinski definition) is 4. The molecule has 1 saturated carbocycles. The first kappa shape index (κ1) is 17.2. The average molecular weight is 324 g/mol. The molecule has 0 aromatic carbocycles. The van der Waals surface area contributed by atoms with Gasteiger partial charge < -0.3 is 15.4 Å². The second-order valence-electron chi connectivity index (χ2n) is 5.79. The molecule has 1 heterocycles. The fourth-order valence-corrected chi connectivity index (χ4v) is 3.17. The third-order valence-electron chi connectivity index (χ3n) is 3.68. The fourth-order valence-electron chi connectivity index (χ4n) is 2.24. The third kappa shape index (κ3) is 6.32.